The highest BCUT2D eigenvalue weighted by molar-refractivity contribution is 6.22. The number of likely N-dealkylation sites (tertiary alicyclic amines) is 1. The van der Waals surface area contributed by atoms with E-state index in [4.69, 9.17) is 0 Å². The Morgan fingerprint density at radius 1 is 1.14 bits per heavy atom. The van der Waals surface area contributed by atoms with Crippen LogP contribution in [0.1, 0.15) is 32.1 Å². The van der Waals surface area contributed by atoms with Crippen molar-refractivity contribution in [1.29, 1.82) is 0 Å². The smallest absolute Gasteiger partial charge is 0.251 e. The molecule has 2 saturated heterocycles. The highest BCUT2D eigenvalue weighted by Crippen LogP contribution is 2.30. The summed E-state index contributed by atoms with van der Waals surface area (Å²) in [7, 11) is 0. The third kappa shape index (κ3) is 2.78. The van der Waals surface area contributed by atoms with Gasteiger partial charge in [-0.1, -0.05) is 24.6 Å². The lowest BCUT2D eigenvalue weighted by Gasteiger charge is -2.38. The molecule has 2 aliphatic rings. The van der Waals surface area contributed by atoms with Crippen LogP contribution in [0.4, 0.5) is 5.69 Å². The Bertz CT molecular complexity index is 544. The molecule has 0 radical (unpaired) electrons. The number of amides is 2. The van der Waals surface area contributed by atoms with Crippen molar-refractivity contribution >= 4 is 17.5 Å². The lowest BCUT2D eigenvalue weighted by atomic mass is 9.97. The number of hydrogen-bond donors (Lipinski definition) is 1. The summed E-state index contributed by atoms with van der Waals surface area (Å²) in [6.07, 6.45) is 4.08. The van der Waals surface area contributed by atoms with Crippen LogP contribution in [0.25, 0.3) is 0 Å². The number of benzene rings is 1. The first kappa shape index (κ1) is 15.2. The van der Waals surface area contributed by atoms with Gasteiger partial charge in [0.2, 0.25) is 5.91 Å². The monoisotopic (exact) mass is 302 g/mol. The minimum atomic E-state index is -0.371. The first-order valence-corrected chi connectivity index (χ1v) is 8.01. The van der Waals surface area contributed by atoms with Crippen LogP contribution >= 0.6 is 0 Å². The number of para-hydroxylation sites is 1. The normalized spacial score (nSPS) is 26.7. The quantitative estimate of drug-likeness (QED) is 0.857. The minimum absolute atomic E-state index is 0.123. The summed E-state index contributed by atoms with van der Waals surface area (Å²) in [6, 6.07) is 8.95. The van der Waals surface area contributed by atoms with E-state index < -0.39 is 0 Å². The first-order valence-electron chi connectivity index (χ1n) is 8.01. The Labute approximate surface area is 130 Å². The lowest BCUT2D eigenvalue weighted by Crippen LogP contribution is -2.50. The molecule has 2 unspecified atom stereocenters. The first-order chi connectivity index (χ1) is 10.7. The molecule has 1 N–H and O–H groups in total. The van der Waals surface area contributed by atoms with Crippen LogP contribution in [0.15, 0.2) is 30.3 Å². The average molecular weight is 302 g/mol. The van der Waals surface area contributed by atoms with Crippen LogP contribution in [-0.4, -0.2) is 47.1 Å². The second-order valence-corrected chi connectivity index (χ2v) is 6.02. The zero-order valence-corrected chi connectivity index (χ0v) is 12.6. The van der Waals surface area contributed by atoms with Gasteiger partial charge in [0.1, 0.15) is 0 Å². The maximum absolute atomic E-state index is 12.8. The summed E-state index contributed by atoms with van der Waals surface area (Å²) in [6.45, 7) is 0.954. The topological polar surface area (TPSA) is 60.9 Å². The number of carbonyl (C=O) groups is 2. The molecule has 1 aromatic carbocycles. The van der Waals surface area contributed by atoms with Gasteiger partial charge >= 0.3 is 0 Å². The SMILES string of the molecule is O=C1CC(N2CCCCC2CCO)C(=O)N1c1ccccc1. The van der Waals surface area contributed by atoms with Crippen LogP contribution in [-0.2, 0) is 9.59 Å². The summed E-state index contributed by atoms with van der Waals surface area (Å²) in [4.78, 5) is 28.6. The van der Waals surface area contributed by atoms with E-state index in [2.05, 4.69) is 4.90 Å². The Morgan fingerprint density at radius 2 is 1.91 bits per heavy atom. The number of rotatable bonds is 4. The molecule has 2 heterocycles. The average Bonchev–Trinajstić information content (AvgIpc) is 2.84. The van der Waals surface area contributed by atoms with Crippen LogP contribution in [0, 0.1) is 0 Å². The number of imide groups is 1. The lowest BCUT2D eigenvalue weighted by molar-refractivity contribution is -0.123. The van der Waals surface area contributed by atoms with Gasteiger partial charge in [0, 0.05) is 12.6 Å². The zero-order chi connectivity index (χ0) is 15.5. The summed E-state index contributed by atoms with van der Waals surface area (Å²) >= 11 is 0. The molecule has 2 amide bonds. The molecule has 1 aromatic rings. The molecule has 0 aliphatic carbocycles. The van der Waals surface area contributed by atoms with Crippen LogP contribution in [0.3, 0.4) is 0 Å². The van der Waals surface area contributed by atoms with Crippen molar-refractivity contribution in [3.63, 3.8) is 0 Å². The number of carbonyl (C=O) groups excluding carboxylic acids is 2. The summed E-state index contributed by atoms with van der Waals surface area (Å²) < 4.78 is 0. The number of nitrogens with zero attached hydrogens (tertiary/aromatic N) is 2. The van der Waals surface area contributed by atoms with Crippen LogP contribution < -0.4 is 4.90 Å². The molecule has 0 bridgehead atoms. The van der Waals surface area contributed by atoms with Gasteiger partial charge in [0.05, 0.1) is 18.2 Å². The van der Waals surface area contributed by atoms with Crippen LogP contribution in [0.5, 0.6) is 0 Å². The third-order valence-electron chi connectivity index (χ3n) is 4.67. The summed E-state index contributed by atoms with van der Waals surface area (Å²) in [5, 5.41) is 9.24. The fraction of sp³-hybridized carbons (Fsp3) is 0.529. The molecule has 5 heteroatoms. The van der Waals surface area contributed by atoms with Crippen molar-refractivity contribution in [3.05, 3.63) is 30.3 Å². The van der Waals surface area contributed by atoms with E-state index in [9.17, 15) is 14.7 Å². The molecule has 2 atom stereocenters. The molecule has 0 aromatic heterocycles. The number of anilines is 1. The zero-order valence-electron chi connectivity index (χ0n) is 12.6. The van der Waals surface area contributed by atoms with Gasteiger partial charge in [-0.05, 0) is 37.9 Å². The molecular weight excluding hydrogens is 280 g/mol. The number of aliphatic hydroxyl groups is 1. The van der Waals surface area contributed by atoms with E-state index in [-0.39, 0.29) is 36.9 Å². The largest absolute Gasteiger partial charge is 0.396 e. The van der Waals surface area contributed by atoms with Gasteiger partial charge in [-0.2, -0.15) is 0 Å². The van der Waals surface area contributed by atoms with E-state index >= 15 is 0 Å². The number of aliphatic hydroxyl groups excluding tert-OH is 1. The van der Waals surface area contributed by atoms with Gasteiger partial charge in [-0.3, -0.25) is 14.5 Å². The standard InChI is InChI=1S/C17H22N2O3/c20-11-9-13-6-4-5-10-18(13)15-12-16(21)19(17(15)22)14-7-2-1-3-8-14/h1-3,7-8,13,15,20H,4-6,9-12H2. The Morgan fingerprint density at radius 3 is 2.64 bits per heavy atom. The number of piperidine rings is 1. The van der Waals surface area contributed by atoms with Crippen molar-refractivity contribution in [3.8, 4) is 0 Å². The van der Waals surface area contributed by atoms with Crippen LogP contribution in [0.2, 0.25) is 0 Å². The molecule has 0 spiro atoms. The van der Waals surface area contributed by atoms with E-state index in [0.29, 0.717) is 12.1 Å². The Hall–Kier alpha value is -1.72. The third-order valence-corrected chi connectivity index (χ3v) is 4.67. The van der Waals surface area contributed by atoms with Crippen molar-refractivity contribution in [2.75, 3.05) is 18.1 Å². The van der Waals surface area contributed by atoms with Crippen molar-refractivity contribution in [2.45, 2.75) is 44.2 Å². The predicted octanol–water partition coefficient (Wildman–Crippen LogP) is 1.56. The minimum Gasteiger partial charge on any atom is -0.396 e. The molecule has 3 rings (SSSR count). The fourth-order valence-corrected chi connectivity index (χ4v) is 3.62. The molecule has 22 heavy (non-hydrogen) atoms. The van der Waals surface area contributed by atoms with Gasteiger partial charge in [0.15, 0.2) is 0 Å². The molecule has 0 saturated carbocycles. The predicted molar refractivity (Wildman–Crippen MR) is 83.4 cm³/mol. The van der Waals surface area contributed by atoms with E-state index in [1.54, 1.807) is 12.1 Å². The number of hydrogen-bond acceptors (Lipinski definition) is 4. The van der Waals surface area contributed by atoms with Gasteiger partial charge < -0.3 is 5.11 Å². The maximum atomic E-state index is 12.8. The fourth-order valence-electron chi connectivity index (χ4n) is 3.62. The Kier molecular flexibility index (Phi) is 4.55. The highest BCUT2D eigenvalue weighted by atomic mass is 16.3. The van der Waals surface area contributed by atoms with Gasteiger partial charge in [-0.15, -0.1) is 0 Å². The highest BCUT2D eigenvalue weighted by Gasteiger charge is 2.44. The van der Waals surface area contributed by atoms with Crippen molar-refractivity contribution in [1.82, 2.24) is 4.90 Å². The van der Waals surface area contributed by atoms with Crippen molar-refractivity contribution < 1.29 is 14.7 Å². The van der Waals surface area contributed by atoms with E-state index in [1.165, 1.54) is 4.90 Å². The molecule has 2 aliphatic heterocycles. The molecule has 118 valence electrons. The molecule has 2 fully saturated rings. The maximum Gasteiger partial charge on any atom is 0.251 e. The molecule has 5 nitrogen and oxygen atoms in total. The van der Waals surface area contributed by atoms with E-state index in [0.717, 1.165) is 25.8 Å². The van der Waals surface area contributed by atoms with Gasteiger partial charge in [0.25, 0.3) is 5.91 Å². The molecular formula is C17H22N2O3. The second-order valence-electron chi connectivity index (χ2n) is 6.02. The van der Waals surface area contributed by atoms with E-state index in [1.807, 2.05) is 18.2 Å². The summed E-state index contributed by atoms with van der Waals surface area (Å²) in [5.41, 5.74) is 0.649. The Balaban J connectivity index is 1.81. The summed E-state index contributed by atoms with van der Waals surface area (Å²) in [5.74, 6) is -0.254. The second kappa shape index (κ2) is 6.58. The van der Waals surface area contributed by atoms with Gasteiger partial charge in [-0.25, -0.2) is 4.90 Å². The van der Waals surface area contributed by atoms with Crippen molar-refractivity contribution in [2.24, 2.45) is 0 Å².